The molecule has 2 bridgehead atoms. The number of fused-ring (bicyclic) bond motifs is 2. The number of piperidine rings is 1. The summed E-state index contributed by atoms with van der Waals surface area (Å²) in [5.41, 5.74) is 4.88. The number of imidazole rings is 1. The molecule has 2 aromatic heterocycles. The molecule has 5 rings (SSSR count). The molecule has 4 heterocycles. The molecule has 2 N–H and O–H groups in total. The van der Waals surface area contributed by atoms with E-state index in [1.807, 2.05) is 35.0 Å². The molecule has 6 nitrogen and oxygen atoms in total. The molecule has 0 unspecified atom stereocenters. The van der Waals surface area contributed by atoms with E-state index in [1.165, 1.54) is 18.4 Å². The van der Waals surface area contributed by atoms with Gasteiger partial charge in [-0.05, 0) is 69.9 Å². The summed E-state index contributed by atoms with van der Waals surface area (Å²) < 4.78 is 1.84. The lowest BCUT2D eigenvalue weighted by Crippen LogP contribution is -2.51. The number of phenols is 1. The lowest BCUT2D eigenvalue weighted by atomic mass is 9.84. The summed E-state index contributed by atoms with van der Waals surface area (Å²) in [7, 11) is 0. The van der Waals surface area contributed by atoms with Gasteiger partial charge in [-0.25, -0.2) is 4.98 Å². The molecule has 1 aromatic carbocycles. The van der Waals surface area contributed by atoms with Crippen LogP contribution in [0.25, 0.3) is 23.0 Å². The fourth-order valence-corrected chi connectivity index (χ4v) is 4.92. The second-order valence-corrected chi connectivity index (χ2v) is 8.92. The van der Waals surface area contributed by atoms with E-state index in [9.17, 15) is 5.11 Å². The Morgan fingerprint density at radius 1 is 1.07 bits per heavy atom. The number of phenolic OH excluding ortho intramolecular Hbond substituents is 1. The number of hydrogen-bond acceptors (Lipinski definition) is 5. The van der Waals surface area contributed by atoms with Crippen molar-refractivity contribution in [1.29, 1.82) is 0 Å². The van der Waals surface area contributed by atoms with Gasteiger partial charge in [-0.15, -0.1) is 5.10 Å². The third kappa shape index (κ3) is 3.44. The Morgan fingerprint density at radius 2 is 1.86 bits per heavy atom. The molecule has 2 fully saturated rings. The van der Waals surface area contributed by atoms with Gasteiger partial charge >= 0.3 is 0 Å². The van der Waals surface area contributed by atoms with Crippen LogP contribution in [0.4, 0.5) is 0 Å². The fourth-order valence-electron chi connectivity index (χ4n) is 4.92. The van der Waals surface area contributed by atoms with Crippen LogP contribution in [-0.2, 0) is 0 Å². The predicted molar refractivity (Wildman–Crippen MR) is 113 cm³/mol. The number of benzene rings is 1. The van der Waals surface area contributed by atoms with Crippen LogP contribution < -0.4 is 5.32 Å². The van der Waals surface area contributed by atoms with Gasteiger partial charge in [0, 0.05) is 35.1 Å². The minimum atomic E-state index is 0.174. The third-order valence-corrected chi connectivity index (χ3v) is 6.16. The topological polar surface area (TPSA) is 75.9 Å². The number of aromatic hydroxyl groups is 1. The van der Waals surface area contributed by atoms with E-state index in [1.54, 1.807) is 18.6 Å². The first-order valence-electron chi connectivity index (χ1n) is 10.1. The molecule has 2 atom stereocenters. The molecular formula is C23H25N5O. The highest BCUT2D eigenvalue weighted by molar-refractivity contribution is 5.69. The van der Waals surface area contributed by atoms with Gasteiger partial charge in [0.1, 0.15) is 5.75 Å². The molecule has 29 heavy (non-hydrogen) atoms. The smallest absolute Gasteiger partial charge is 0.127 e. The van der Waals surface area contributed by atoms with Crippen molar-refractivity contribution < 1.29 is 5.11 Å². The molecule has 2 saturated heterocycles. The minimum absolute atomic E-state index is 0.174. The maximum absolute atomic E-state index is 10.5. The van der Waals surface area contributed by atoms with Crippen LogP contribution in [0, 0.1) is 0 Å². The van der Waals surface area contributed by atoms with Crippen molar-refractivity contribution in [3.8, 4) is 22.7 Å². The number of rotatable bonds is 3. The van der Waals surface area contributed by atoms with Crippen LogP contribution in [0.5, 0.6) is 5.75 Å². The first-order chi connectivity index (χ1) is 13.9. The molecule has 6 heteroatoms. The van der Waals surface area contributed by atoms with Gasteiger partial charge in [-0.3, -0.25) is 0 Å². The van der Waals surface area contributed by atoms with Gasteiger partial charge in [0.05, 0.1) is 23.4 Å². The van der Waals surface area contributed by atoms with E-state index in [-0.39, 0.29) is 16.8 Å². The number of hydrogen-bond donors (Lipinski definition) is 2. The minimum Gasteiger partial charge on any atom is -0.507 e. The molecule has 2 aliphatic rings. The van der Waals surface area contributed by atoms with Crippen molar-refractivity contribution in [3.05, 3.63) is 60.3 Å². The summed E-state index contributed by atoms with van der Waals surface area (Å²) >= 11 is 0. The highest BCUT2D eigenvalue weighted by Crippen LogP contribution is 2.44. The molecule has 0 amide bonds. The number of nitrogens with one attached hydrogen (secondary N) is 1. The SMILES string of the molecule is C[C@]12CC[C@](C)(CC(=Cc3ccc(-c4ccc(-n5ccnc5)cc4O)nn3)C1)N2. The Labute approximate surface area is 170 Å². The fraction of sp³-hybridized carbons (Fsp3) is 0.348. The Bertz CT molecular complexity index is 1050. The van der Waals surface area contributed by atoms with Crippen molar-refractivity contribution in [2.45, 2.75) is 50.6 Å². The lowest BCUT2D eigenvalue weighted by molar-refractivity contribution is 0.282. The van der Waals surface area contributed by atoms with E-state index in [2.05, 4.69) is 40.4 Å². The Hall–Kier alpha value is -2.99. The summed E-state index contributed by atoms with van der Waals surface area (Å²) in [6.45, 7) is 4.63. The summed E-state index contributed by atoms with van der Waals surface area (Å²) in [5, 5.41) is 23.0. The molecular weight excluding hydrogens is 362 g/mol. The lowest BCUT2D eigenvalue weighted by Gasteiger charge is -2.38. The molecule has 2 aliphatic heterocycles. The Morgan fingerprint density at radius 3 is 2.48 bits per heavy atom. The average molecular weight is 387 g/mol. The third-order valence-electron chi connectivity index (χ3n) is 6.16. The molecule has 3 aromatic rings. The molecule has 0 radical (unpaired) electrons. The van der Waals surface area contributed by atoms with Crippen molar-refractivity contribution >= 4 is 6.08 Å². The van der Waals surface area contributed by atoms with Crippen LogP contribution in [0.2, 0.25) is 0 Å². The maximum atomic E-state index is 10.5. The standard InChI is InChI=1S/C23H25N5O/c1-22-7-8-23(2,27-22)14-16(13-22)11-17-3-6-20(26-25-17)19-5-4-18(12-21(19)29)28-10-9-24-15-28/h3-6,9-12,15,27,29H,7-8,13-14H2,1-2H3/t22-,23+. The van der Waals surface area contributed by atoms with Crippen LogP contribution in [0.3, 0.4) is 0 Å². The normalized spacial score (nSPS) is 27.4. The predicted octanol–water partition coefficient (Wildman–Crippen LogP) is 4.11. The van der Waals surface area contributed by atoms with Crippen molar-refractivity contribution in [3.63, 3.8) is 0 Å². The largest absolute Gasteiger partial charge is 0.507 e. The number of nitrogens with zero attached hydrogens (tertiary/aromatic N) is 4. The van der Waals surface area contributed by atoms with Gasteiger partial charge in [0.2, 0.25) is 0 Å². The van der Waals surface area contributed by atoms with E-state index >= 15 is 0 Å². The zero-order valence-corrected chi connectivity index (χ0v) is 16.8. The monoisotopic (exact) mass is 387 g/mol. The first kappa shape index (κ1) is 18.1. The van der Waals surface area contributed by atoms with E-state index in [4.69, 9.17) is 0 Å². The van der Waals surface area contributed by atoms with Crippen LogP contribution in [0.1, 0.15) is 45.2 Å². The first-order valence-corrected chi connectivity index (χ1v) is 10.1. The van der Waals surface area contributed by atoms with E-state index in [0.717, 1.165) is 24.2 Å². The van der Waals surface area contributed by atoms with Crippen LogP contribution >= 0.6 is 0 Å². The van der Waals surface area contributed by atoms with Gasteiger partial charge in [-0.2, -0.15) is 5.10 Å². The summed E-state index contributed by atoms with van der Waals surface area (Å²) in [6, 6.07) is 9.40. The van der Waals surface area contributed by atoms with Gasteiger partial charge in [0.25, 0.3) is 0 Å². The molecule has 148 valence electrons. The Kier molecular flexibility index (Phi) is 4.06. The van der Waals surface area contributed by atoms with Gasteiger partial charge < -0.3 is 15.0 Å². The second-order valence-electron chi connectivity index (χ2n) is 8.92. The summed E-state index contributed by atoms with van der Waals surface area (Å²) in [4.78, 5) is 4.04. The van der Waals surface area contributed by atoms with Crippen molar-refractivity contribution in [2.24, 2.45) is 0 Å². The second kappa shape index (κ2) is 6.52. The maximum Gasteiger partial charge on any atom is 0.127 e. The van der Waals surface area contributed by atoms with Crippen molar-refractivity contribution in [2.75, 3.05) is 0 Å². The zero-order valence-electron chi connectivity index (χ0n) is 16.8. The molecule has 0 spiro atoms. The highest BCUT2D eigenvalue weighted by Gasteiger charge is 2.46. The van der Waals surface area contributed by atoms with Crippen molar-refractivity contribution in [1.82, 2.24) is 25.1 Å². The summed E-state index contributed by atoms with van der Waals surface area (Å²) in [5.74, 6) is 0.174. The van der Waals surface area contributed by atoms with Crippen LogP contribution in [0.15, 0.2) is 54.6 Å². The molecule has 0 saturated carbocycles. The van der Waals surface area contributed by atoms with E-state index < -0.39 is 0 Å². The van der Waals surface area contributed by atoms with Crippen LogP contribution in [-0.4, -0.2) is 35.9 Å². The highest BCUT2D eigenvalue weighted by atomic mass is 16.3. The van der Waals surface area contributed by atoms with E-state index in [0.29, 0.717) is 11.3 Å². The quantitative estimate of drug-likeness (QED) is 0.707. The summed E-state index contributed by atoms with van der Waals surface area (Å²) in [6.07, 6.45) is 12.0. The number of aromatic nitrogens is 4. The zero-order chi connectivity index (χ0) is 20.1. The average Bonchev–Trinajstić information content (AvgIpc) is 3.28. The van der Waals surface area contributed by atoms with Gasteiger partial charge in [-0.1, -0.05) is 5.57 Å². The Balaban J connectivity index is 1.38. The van der Waals surface area contributed by atoms with Gasteiger partial charge in [0.15, 0.2) is 0 Å². The molecule has 0 aliphatic carbocycles.